The lowest BCUT2D eigenvalue weighted by atomic mass is 10.0. The van der Waals surface area contributed by atoms with Crippen LogP contribution in [0.15, 0.2) is 30.3 Å². The fourth-order valence-electron chi connectivity index (χ4n) is 3.81. The van der Waals surface area contributed by atoms with Crippen molar-refractivity contribution in [3.8, 4) is 23.0 Å². The van der Waals surface area contributed by atoms with Crippen LogP contribution in [0.1, 0.15) is 30.9 Å². The summed E-state index contributed by atoms with van der Waals surface area (Å²) in [6.45, 7) is 3.23. The van der Waals surface area contributed by atoms with E-state index in [1.807, 2.05) is 18.2 Å². The number of amides is 1. The number of anilines is 1. The molecule has 35 heavy (non-hydrogen) atoms. The highest BCUT2D eigenvalue weighted by Gasteiger charge is 2.23. The minimum Gasteiger partial charge on any atom is -0.493 e. The predicted octanol–water partition coefficient (Wildman–Crippen LogP) is 2.31. The zero-order valence-corrected chi connectivity index (χ0v) is 20.6. The molecule has 0 saturated carbocycles. The fourth-order valence-corrected chi connectivity index (χ4v) is 3.81. The van der Waals surface area contributed by atoms with Gasteiger partial charge in [0.25, 0.3) is 0 Å². The Kier molecular flexibility index (Phi) is 10.0. The van der Waals surface area contributed by atoms with Crippen LogP contribution in [0.4, 0.5) is 5.69 Å². The number of hydrogen-bond donors (Lipinski definition) is 4. The molecule has 0 bridgehead atoms. The number of carbonyl (C=O) groups is 1. The van der Waals surface area contributed by atoms with Gasteiger partial charge in [0, 0.05) is 24.9 Å². The normalized spacial score (nSPS) is 14.5. The van der Waals surface area contributed by atoms with Gasteiger partial charge in [-0.15, -0.1) is 0 Å². The number of hydrogen-bond acceptors (Lipinski definition) is 8. The van der Waals surface area contributed by atoms with Gasteiger partial charge in [0.1, 0.15) is 24.2 Å². The van der Waals surface area contributed by atoms with Gasteiger partial charge in [0.2, 0.25) is 5.91 Å². The lowest BCUT2D eigenvalue weighted by molar-refractivity contribution is -0.116. The summed E-state index contributed by atoms with van der Waals surface area (Å²) >= 11 is 0. The number of rotatable bonds is 14. The van der Waals surface area contributed by atoms with Crippen molar-refractivity contribution in [3.05, 3.63) is 41.5 Å². The third-order valence-corrected chi connectivity index (χ3v) is 5.74. The van der Waals surface area contributed by atoms with Gasteiger partial charge in [0.15, 0.2) is 11.5 Å². The number of aliphatic hydroxyl groups is 2. The van der Waals surface area contributed by atoms with Crippen LogP contribution in [-0.4, -0.2) is 68.9 Å². The molecule has 0 radical (unpaired) electrons. The van der Waals surface area contributed by atoms with Gasteiger partial charge in [-0.25, -0.2) is 0 Å². The lowest BCUT2D eigenvalue weighted by Gasteiger charge is -2.24. The van der Waals surface area contributed by atoms with E-state index in [-0.39, 0.29) is 12.5 Å². The van der Waals surface area contributed by atoms with E-state index < -0.39 is 12.2 Å². The van der Waals surface area contributed by atoms with Gasteiger partial charge in [0.05, 0.1) is 32.6 Å². The molecular weight excluding hydrogens is 452 g/mol. The summed E-state index contributed by atoms with van der Waals surface area (Å²) in [6, 6.07) is 9.35. The molecule has 0 aromatic heterocycles. The average molecular weight is 489 g/mol. The molecule has 0 aliphatic carbocycles. The smallest absolute Gasteiger partial charge is 0.224 e. The third-order valence-electron chi connectivity index (χ3n) is 5.74. The van der Waals surface area contributed by atoms with E-state index >= 15 is 0 Å². The Morgan fingerprint density at radius 2 is 1.74 bits per heavy atom. The maximum atomic E-state index is 11.9. The number of aliphatic hydroxyl groups excluding tert-OH is 2. The summed E-state index contributed by atoms with van der Waals surface area (Å²) in [4.78, 5) is 11.9. The van der Waals surface area contributed by atoms with Crippen LogP contribution in [0.3, 0.4) is 0 Å². The highest BCUT2D eigenvalue weighted by Crippen LogP contribution is 2.39. The maximum Gasteiger partial charge on any atom is 0.224 e. The highest BCUT2D eigenvalue weighted by atomic mass is 16.5. The van der Waals surface area contributed by atoms with Gasteiger partial charge >= 0.3 is 0 Å². The van der Waals surface area contributed by atoms with Crippen molar-refractivity contribution in [2.45, 2.75) is 44.8 Å². The maximum absolute atomic E-state index is 11.9. The van der Waals surface area contributed by atoms with Crippen molar-refractivity contribution in [1.29, 1.82) is 0 Å². The Labute approximate surface area is 206 Å². The van der Waals surface area contributed by atoms with Gasteiger partial charge in [-0.1, -0.05) is 6.07 Å². The lowest BCUT2D eigenvalue weighted by Crippen LogP contribution is -2.32. The standard InChI is InChI=1S/C26H36N2O7/c1-17(29)11-13-34-23-8-7-21(20-5-9-25(31)28-26(20)23)35-16-19(30)15-27-12-10-18-4-6-22(32-2)24(14-18)33-3/h4,6-8,14,17,19,27,29-30H,5,9-13,15-16H2,1-3H3,(H,28,31). The second kappa shape index (κ2) is 13.2. The Hall–Kier alpha value is -3.01. The predicted molar refractivity (Wildman–Crippen MR) is 133 cm³/mol. The summed E-state index contributed by atoms with van der Waals surface area (Å²) in [6.07, 6.45) is 1.00. The van der Waals surface area contributed by atoms with Crippen LogP contribution in [0, 0.1) is 0 Å². The Balaban J connectivity index is 1.49. The SMILES string of the molecule is COc1ccc(CCNCC(O)COc2ccc(OCCC(C)O)c3c2CCC(=O)N3)cc1OC. The molecule has 1 aliphatic rings. The third kappa shape index (κ3) is 7.74. The quantitative estimate of drug-likeness (QED) is 0.299. The summed E-state index contributed by atoms with van der Waals surface area (Å²) in [7, 11) is 3.22. The summed E-state index contributed by atoms with van der Waals surface area (Å²) < 4.78 is 22.3. The molecule has 192 valence electrons. The van der Waals surface area contributed by atoms with Crippen molar-refractivity contribution in [2.24, 2.45) is 0 Å². The molecule has 2 atom stereocenters. The van der Waals surface area contributed by atoms with Crippen LogP contribution in [-0.2, 0) is 17.6 Å². The molecule has 2 unspecified atom stereocenters. The first-order chi connectivity index (χ1) is 16.9. The van der Waals surface area contributed by atoms with Crippen molar-refractivity contribution >= 4 is 11.6 Å². The van der Waals surface area contributed by atoms with Crippen LogP contribution in [0.2, 0.25) is 0 Å². The fraction of sp³-hybridized carbons (Fsp3) is 0.500. The van der Waals surface area contributed by atoms with E-state index in [1.165, 1.54) is 0 Å². The van der Waals surface area contributed by atoms with E-state index in [0.29, 0.717) is 67.6 Å². The second-order valence-corrected chi connectivity index (χ2v) is 8.56. The van der Waals surface area contributed by atoms with Crippen molar-refractivity contribution in [2.75, 3.05) is 45.8 Å². The molecule has 1 amide bonds. The van der Waals surface area contributed by atoms with Crippen LogP contribution >= 0.6 is 0 Å². The van der Waals surface area contributed by atoms with E-state index in [0.717, 1.165) is 17.5 Å². The van der Waals surface area contributed by atoms with Crippen molar-refractivity contribution in [3.63, 3.8) is 0 Å². The van der Waals surface area contributed by atoms with Crippen LogP contribution in [0.25, 0.3) is 0 Å². The van der Waals surface area contributed by atoms with Gasteiger partial charge in [-0.2, -0.15) is 0 Å². The molecule has 3 rings (SSSR count). The number of benzene rings is 2. The summed E-state index contributed by atoms with van der Waals surface area (Å²) in [5.74, 6) is 2.48. The zero-order chi connectivity index (χ0) is 25.2. The molecule has 1 aliphatic heterocycles. The Morgan fingerprint density at radius 1 is 1.00 bits per heavy atom. The van der Waals surface area contributed by atoms with Crippen LogP contribution < -0.4 is 29.6 Å². The van der Waals surface area contributed by atoms with Gasteiger partial charge < -0.3 is 39.8 Å². The van der Waals surface area contributed by atoms with Gasteiger partial charge in [-0.05, 0) is 56.1 Å². The molecule has 2 aromatic carbocycles. The number of methoxy groups -OCH3 is 2. The van der Waals surface area contributed by atoms with Crippen LogP contribution in [0.5, 0.6) is 23.0 Å². The van der Waals surface area contributed by atoms with E-state index in [1.54, 1.807) is 33.3 Å². The topological polar surface area (TPSA) is 119 Å². The van der Waals surface area contributed by atoms with Gasteiger partial charge in [-0.3, -0.25) is 4.79 Å². The Morgan fingerprint density at radius 3 is 2.49 bits per heavy atom. The first kappa shape index (κ1) is 26.6. The molecular formula is C26H36N2O7. The minimum absolute atomic E-state index is 0.0752. The molecule has 9 nitrogen and oxygen atoms in total. The van der Waals surface area contributed by atoms with E-state index in [4.69, 9.17) is 18.9 Å². The number of fused-ring (bicyclic) bond motifs is 1. The van der Waals surface area contributed by atoms with Crippen molar-refractivity contribution < 1.29 is 34.0 Å². The van der Waals surface area contributed by atoms with Crippen molar-refractivity contribution in [1.82, 2.24) is 5.32 Å². The molecule has 9 heteroatoms. The van der Waals surface area contributed by atoms with E-state index in [2.05, 4.69) is 10.6 Å². The summed E-state index contributed by atoms with van der Waals surface area (Å²) in [5.41, 5.74) is 2.56. The molecule has 1 heterocycles. The number of ether oxygens (including phenoxy) is 4. The molecule has 0 saturated heterocycles. The minimum atomic E-state index is -0.698. The monoisotopic (exact) mass is 488 g/mol. The zero-order valence-electron chi connectivity index (χ0n) is 20.6. The highest BCUT2D eigenvalue weighted by molar-refractivity contribution is 5.96. The average Bonchev–Trinajstić information content (AvgIpc) is 2.85. The molecule has 4 N–H and O–H groups in total. The first-order valence-corrected chi connectivity index (χ1v) is 11.9. The number of carbonyl (C=O) groups excluding carboxylic acids is 1. The first-order valence-electron chi connectivity index (χ1n) is 11.9. The molecule has 2 aromatic rings. The Bertz CT molecular complexity index is 980. The molecule has 0 spiro atoms. The summed E-state index contributed by atoms with van der Waals surface area (Å²) in [5, 5.41) is 25.9. The largest absolute Gasteiger partial charge is 0.493 e. The second-order valence-electron chi connectivity index (χ2n) is 8.56. The number of nitrogens with one attached hydrogen (secondary N) is 2. The molecule has 0 fully saturated rings. The van der Waals surface area contributed by atoms with E-state index in [9.17, 15) is 15.0 Å².